The summed E-state index contributed by atoms with van der Waals surface area (Å²) in [7, 11) is -0.645. The highest BCUT2D eigenvalue weighted by Gasteiger charge is 2.53. The van der Waals surface area contributed by atoms with Gasteiger partial charge in [-0.3, -0.25) is 4.79 Å². The van der Waals surface area contributed by atoms with Gasteiger partial charge >= 0.3 is 13.1 Å². The molecule has 1 aliphatic heterocycles. The number of nitrogens with zero attached hydrogens (tertiary/aromatic N) is 2. The Labute approximate surface area is 193 Å². The molecule has 4 rings (SSSR count). The van der Waals surface area contributed by atoms with Crippen LogP contribution in [0.5, 0.6) is 0 Å². The van der Waals surface area contributed by atoms with E-state index in [-0.39, 0.29) is 6.42 Å². The van der Waals surface area contributed by atoms with Gasteiger partial charge in [0.15, 0.2) is 0 Å². The number of nitrogens with one attached hydrogen (secondary N) is 1. The Morgan fingerprint density at radius 2 is 1.73 bits per heavy atom. The highest BCUT2D eigenvalue weighted by atomic mass is 16.7. The van der Waals surface area contributed by atoms with E-state index in [1.165, 1.54) is 6.33 Å². The van der Waals surface area contributed by atoms with Gasteiger partial charge in [0.05, 0.1) is 16.6 Å². The molecule has 0 aliphatic carbocycles. The first-order valence-electron chi connectivity index (χ1n) is 11.3. The zero-order valence-corrected chi connectivity index (χ0v) is 19.6. The van der Waals surface area contributed by atoms with Crippen LogP contribution >= 0.6 is 0 Å². The summed E-state index contributed by atoms with van der Waals surface area (Å²) in [5, 5.41) is 12.9. The maximum atomic E-state index is 10.7. The zero-order chi connectivity index (χ0) is 23.6. The molecule has 0 atom stereocenters. The lowest BCUT2D eigenvalue weighted by atomic mass is 9.76. The van der Waals surface area contributed by atoms with Gasteiger partial charge in [-0.25, -0.2) is 9.97 Å². The number of carboxylic acid groups (broad SMARTS) is 1. The summed E-state index contributed by atoms with van der Waals surface area (Å²) in [6.45, 7) is 8.73. The normalized spacial score (nSPS) is 16.9. The molecular formula is C24H30BN3O5. The Hall–Kier alpha value is -2.91. The number of hydrogen-bond donors (Lipinski definition) is 2. The number of hydrogen-bond acceptors (Lipinski definition) is 7. The molecule has 1 aromatic carbocycles. The predicted molar refractivity (Wildman–Crippen MR) is 128 cm³/mol. The molecular weight excluding hydrogens is 421 g/mol. The van der Waals surface area contributed by atoms with Crippen LogP contribution in [-0.4, -0.2) is 45.9 Å². The van der Waals surface area contributed by atoms with Crippen molar-refractivity contribution in [2.75, 3.05) is 11.9 Å². The summed E-state index contributed by atoms with van der Waals surface area (Å²) >= 11 is 0. The monoisotopic (exact) mass is 451 g/mol. The number of aliphatic carboxylic acids is 1. The summed E-state index contributed by atoms with van der Waals surface area (Å²) in [5.74, 6) is 0.530. The summed E-state index contributed by atoms with van der Waals surface area (Å²) < 4.78 is 19.0. The summed E-state index contributed by atoms with van der Waals surface area (Å²) in [5.41, 5.74) is 1.11. The largest absolute Gasteiger partial charge is 0.499 e. The molecule has 9 heteroatoms. The molecule has 0 bridgehead atoms. The van der Waals surface area contributed by atoms with Crippen molar-refractivity contribution in [3.05, 3.63) is 36.7 Å². The summed E-state index contributed by atoms with van der Waals surface area (Å²) in [6.07, 6.45) is 3.96. The van der Waals surface area contributed by atoms with Crippen molar-refractivity contribution in [2.24, 2.45) is 0 Å². The lowest BCUT2D eigenvalue weighted by Gasteiger charge is -2.32. The molecule has 0 amide bonds. The molecule has 3 aromatic rings. The van der Waals surface area contributed by atoms with Crippen molar-refractivity contribution < 1.29 is 23.6 Å². The van der Waals surface area contributed by atoms with Gasteiger partial charge in [0, 0.05) is 24.0 Å². The van der Waals surface area contributed by atoms with Crippen molar-refractivity contribution >= 4 is 35.5 Å². The minimum absolute atomic E-state index is 0.187. The van der Waals surface area contributed by atoms with Gasteiger partial charge in [-0.05, 0) is 40.5 Å². The lowest BCUT2D eigenvalue weighted by Crippen LogP contribution is -2.41. The van der Waals surface area contributed by atoms with Gasteiger partial charge in [0.2, 0.25) is 5.71 Å². The smallest absolute Gasteiger partial charge is 0.481 e. The molecule has 0 spiro atoms. The molecule has 3 heterocycles. The fraction of sp³-hybridized carbons (Fsp3) is 0.458. The number of carboxylic acids is 1. The Morgan fingerprint density at radius 1 is 1.03 bits per heavy atom. The van der Waals surface area contributed by atoms with E-state index in [1.807, 2.05) is 58.0 Å². The van der Waals surface area contributed by atoms with Gasteiger partial charge < -0.3 is 24.1 Å². The number of unbranched alkanes of at least 4 members (excludes halogenated alkanes) is 2. The number of benzene rings is 1. The van der Waals surface area contributed by atoms with Crippen LogP contribution < -0.4 is 10.8 Å². The van der Waals surface area contributed by atoms with Crippen LogP contribution in [0.3, 0.4) is 0 Å². The third-order valence-electron chi connectivity index (χ3n) is 6.41. The Morgan fingerprint density at radius 3 is 2.39 bits per heavy atom. The maximum Gasteiger partial charge on any atom is 0.499 e. The SMILES string of the molecule is CC1(C)OB(c2c(-c3ccccc3)oc3ncnc(NCCCCCC(=O)O)c23)OC1(C)C. The van der Waals surface area contributed by atoms with E-state index in [2.05, 4.69) is 15.3 Å². The maximum absolute atomic E-state index is 10.7. The Balaban J connectivity index is 1.70. The first kappa shape index (κ1) is 23.3. The zero-order valence-electron chi connectivity index (χ0n) is 19.6. The van der Waals surface area contributed by atoms with Gasteiger partial charge in [-0.2, -0.15) is 0 Å². The quantitative estimate of drug-likeness (QED) is 0.368. The van der Waals surface area contributed by atoms with Gasteiger partial charge in [-0.15, -0.1) is 0 Å². The highest BCUT2D eigenvalue weighted by Crippen LogP contribution is 2.39. The number of aromatic nitrogens is 2. The fourth-order valence-electron chi connectivity index (χ4n) is 3.86. The lowest BCUT2D eigenvalue weighted by molar-refractivity contribution is -0.137. The molecule has 1 aliphatic rings. The highest BCUT2D eigenvalue weighted by molar-refractivity contribution is 6.67. The van der Waals surface area contributed by atoms with Crippen LogP contribution in [0.2, 0.25) is 0 Å². The van der Waals surface area contributed by atoms with Crippen LogP contribution in [0.15, 0.2) is 41.1 Å². The van der Waals surface area contributed by atoms with Crippen molar-refractivity contribution in [3.8, 4) is 11.3 Å². The second-order valence-electron chi connectivity index (χ2n) is 9.33. The van der Waals surface area contributed by atoms with E-state index in [1.54, 1.807) is 0 Å². The molecule has 2 aromatic heterocycles. The number of fused-ring (bicyclic) bond motifs is 1. The molecule has 0 saturated carbocycles. The van der Waals surface area contributed by atoms with Crippen molar-refractivity contribution in [1.82, 2.24) is 9.97 Å². The summed E-state index contributed by atoms with van der Waals surface area (Å²) in [6, 6.07) is 9.83. The van der Waals surface area contributed by atoms with Crippen LogP contribution in [-0.2, 0) is 14.1 Å². The van der Waals surface area contributed by atoms with E-state index in [0.717, 1.165) is 29.3 Å². The van der Waals surface area contributed by atoms with E-state index in [0.29, 0.717) is 30.3 Å². The first-order valence-corrected chi connectivity index (χ1v) is 11.3. The molecule has 33 heavy (non-hydrogen) atoms. The minimum Gasteiger partial charge on any atom is -0.481 e. The van der Waals surface area contributed by atoms with Gasteiger partial charge in [-0.1, -0.05) is 36.8 Å². The number of rotatable bonds is 9. The van der Waals surface area contributed by atoms with E-state index >= 15 is 0 Å². The molecule has 0 unspecified atom stereocenters. The van der Waals surface area contributed by atoms with Crippen LogP contribution in [0.4, 0.5) is 5.82 Å². The van der Waals surface area contributed by atoms with E-state index in [9.17, 15) is 4.79 Å². The molecule has 174 valence electrons. The first-order chi connectivity index (χ1) is 15.7. The molecule has 0 radical (unpaired) electrons. The molecule has 2 N–H and O–H groups in total. The van der Waals surface area contributed by atoms with E-state index < -0.39 is 24.3 Å². The van der Waals surface area contributed by atoms with Crippen molar-refractivity contribution in [1.29, 1.82) is 0 Å². The number of carbonyl (C=O) groups is 1. The van der Waals surface area contributed by atoms with Gasteiger partial charge in [0.1, 0.15) is 17.9 Å². The minimum atomic E-state index is -0.764. The number of furan rings is 1. The predicted octanol–water partition coefficient (Wildman–Crippen LogP) is 4.25. The fourth-order valence-corrected chi connectivity index (χ4v) is 3.86. The molecule has 1 saturated heterocycles. The topological polar surface area (TPSA) is 107 Å². The average molecular weight is 451 g/mol. The Kier molecular flexibility index (Phi) is 6.45. The second-order valence-corrected chi connectivity index (χ2v) is 9.33. The number of anilines is 1. The van der Waals surface area contributed by atoms with Gasteiger partial charge in [0.25, 0.3) is 0 Å². The average Bonchev–Trinajstić information content (AvgIpc) is 3.25. The second kappa shape index (κ2) is 9.15. The Bertz CT molecular complexity index is 1110. The van der Waals surface area contributed by atoms with Crippen LogP contribution in [0.25, 0.3) is 22.4 Å². The third kappa shape index (κ3) is 4.74. The molecule has 8 nitrogen and oxygen atoms in total. The van der Waals surface area contributed by atoms with E-state index in [4.69, 9.17) is 18.8 Å². The summed E-state index contributed by atoms with van der Waals surface area (Å²) in [4.78, 5) is 19.6. The molecule has 1 fully saturated rings. The van der Waals surface area contributed by atoms with Crippen molar-refractivity contribution in [2.45, 2.75) is 64.6 Å². The van der Waals surface area contributed by atoms with Crippen LogP contribution in [0.1, 0.15) is 53.4 Å². The third-order valence-corrected chi connectivity index (χ3v) is 6.41. The standard InChI is InChI=1S/C24H30BN3O5/c1-23(2)24(3,4)33-25(32-23)19-18-21(26-14-10-6-9-13-17(29)30)27-15-28-22(18)31-20(19)16-11-7-5-8-12-16/h5,7-8,11-12,15H,6,9-10,13-14H2,1-4H3,(H,29,30)(H,26,27,28). The van der Waals surface area contributed by atoms with Crippen molar-refractivity contribution in [3.63, 3.8) is 0 Å². The van der Waals surface area contributed by atoms with Crippen LogP contribution in [0, 0.1) is 0 Å².